The van der Waals surface area contributed by atoms with Gasteiger partial charge in [-0.1, -0.05) is 6.58 Å². The fourth-order valence-corrected chi connectivity index (χ4v) is 2.24. The lowest BCUT2D eigenvalue weighted by Crippen LogP contribution is -1.97. The van der Waals surface area contributed by atoms with Gasteiger partial charge in [-0.05, 0) is 48.9 Å². The quantitative estimate of drug-likeness (QED) is 0.685. The third kappa shape index (κ3) is 2.92. The highest BCUT2D eigenvalue weighted by molar-refractivity contribution is 5.70. The van der Waals surface area contributed by atoms with Gasteiger partial charge in [-0.2, -0.15) is 5.26 Å². The first-order valence-corrected chi connectivity index (χ1v) is 7.04. The van der Waals surface area contributed by atoms with Crippen molar-refractivity contribution < 1.29 is 9.13 Å². The van der Waals surface area contributed by atoms with Gasteiger partial charge >= 0.3 is 0 Å². The van der Waals surface area contributed by atoms with Crippen LogP contribution in [0.2, 0.25) is 0 Å². The van der Waals surface area contributed by atoms with Crippen LogP contribution < -0.4 is 4.74 Å². The van der Waals surface area contributed by atoms with Gasteiger partial charge < -0.3 is 4.74 Å². The summed E-state index contributed by atoms with van der Waals surface area (Å²) in [6.45, 7) is 6.13. The van der Waals surface area contributed by atoms with E-state index in [2.05, 4.69) is 17.6 Å². The smallest absolute Gasteiger partial charge is 0.152 e. The van der Waals surface area contributed by atoms with Crippen molar-refractivity contribution in [1.82, 2.24) is 9.38 Å². The van der Waals surface area contributed by atoms with Crippen molar-refractivity contribution in [2.45, 2.75) is 6.92 Å². The van der Waals surface area contributed by atoms with Crippen molar-refractivity contribution in [2.24, 2.45) is 0 Å². The number of halogens is 1. The van der Waals surface area contributed by atoms with Crippen molar-refractivity contribution in [1.29, 1.82) is 5.26 Å². The van der Waals surface area contributed by atoms with E-state index in [1.807, 2.05) is 31.2 Å². The largest absolute Gasteiger partial charge is 0.489 e. The van der Waals surface area contributed by atoms with Gasteiger partial charge in [0.25, 0.3) is 0 Å². The molecule has 0 aliphatic carbocycles. The Balaban J connectivity index is 2.00. The molecule has 0 radical (unpaired) electrons. The molecule has 23 heavy (non-hydrogen) atoms. The van der Waals surface area contributed by atoms with Crippen LogP contribution in [-0.2, 0) is 0 Å². The number of fused-ring (bicyclic) bond motifs is 1. The van der Waals surface area contributed by atoms with E-state index in [0.717, 1.165) is 11.1 Å². The maximum Gasteiger partial charge on any atom is 0.152 e. The Bertz CT molecular complexity index is 920. The zero-order chi connectivity index (χ0) is 16.4. The summed E-state index contributed by atoms with van der Waals surface area (Å²) in [5, 5.41) is 9.39. The fourth-order valence-electron chi connectivity index (χ4n) is 2.24. The zero-order valence-corrected chi connectivity index (χ0v) is 12.6. The molecule has 0 unspecified atom stereocenters. The van der Waals surface area contributed by atoms with E-state index < -0.39 is 5.82 Å². The van der Waals surface area contributed by atoms with Gasteiger partial charge in [0.15, 0.2) is 5.69 Å². The molecular weight excluding hydrogens is 293 g/mol. The van der Waals surface area contributed by atoms with E-state index in [1.54, 1.807) is 6.07 Å². The molecule has 0 saturated heterocycles. The molecule has 0 bridgehead atoms. The van der Waals surface area contributed by atoms with Crippen molar-refractivity contribution in [3.8, 4) is 23.1 Å². The Labute approximate surface area is 133 Å². The Hall–Kier alpha value is -3.13. The average Bonchev–Trinajstić information content (AvgIpc) is 2.91. The summed E-state index contributed by atoms with van der Waals surface area (Å²) < 4.78 is 20.4. The average molecular weight is 307 g/mol. The molecule has 0 atom stereocenters. The molecule has 2 heterocycles. The van der Waals surface area contributed by atoms with E-state index in [9.17, 15) is 9.65 Å². The minimum atomic E-state index is -0.415. The van der Waals surface area contributed by atoms with Crippen LogP contribution in [0.25, 0.3) is 16.9 Å². The summed E-state index contributed by atoms with van der Waals surface area (Å²) in [6.07, 6.45) is 1.26. The Kier molecular flexibility index (Phi) is 3.82. The van der Waals surface area contributed by atoms with Gasteiger partial charge in [0.2, 0.25) is 0 Å². The Morgan fingerprint density at radius 3 is 2.70 bits per heavy atom. The lowest BCUT2D eigenvalue weighted by atomic mass is 10.1. The van der Waals surface area contributed by atoms with Gasteiger partial charge in [-0.15, -0.1) is 0 Å². The molecule has 0 aliphatic rings. The maximum atomic E-state index is 13.4. The third-order valence-electron chi connectivity index (χ3n) is 3.30. The predicted octanol–water partition coefficient (Wildman–Crippen LogP) is 3.97. The van der Waals surface area contributed by atoms with E-state index in [4.69, 9.17) is 4.74 Å². The molecule has 0 N–H and O–H groups in total. The second-order valence-electron chi connectivity index (χ2n) is 5.27. The first-order chi connectivity index (χ1) is 11.1. The highest BCUT2D eigenvalue weighted by Gasteiger charge is 2.14. The number of benzene rings is 1. The van der Waals surface area contributed by atoms with Crippen molar-refractivity contribution >= 4 is 5.65 Å². The first kappa shape index (κ1) is 14.8. The molecular formula is C18H14FN3O. The standard InChI is InChI=1S/C18H14FN3O/c1-12(2)11-23-15-6-3-13(4-7-15)18-16(9-20)22-10-14(19)5-8-17(22)21-18/h3-8,10H,1,11H2,2H3. The van der Waals surface area contributed by atoms with E-state index in [1.165, 1.54) is 16.7 Å². The summed E-state index contributed by atoms with van der Waals surface area (Å²) in [6, 6.07) is 12.2. The molecule has 5 heteroatoms. The monoisotopic (exact) mass is 307 g/mol. The molecule has 0 saturated carbocycles. The predicted molar refractivity (Wildman–Crippen MR) is 85.6 cm³/mol. The van der Waals surface area contributed by atoms with Gasteiger partial charge in [0, 0.05) is 11.8 Å². The highest BCUT2D eigenvalue weighted by Crippen LogP contribution is 2.26. The molecule has 4 nitrogen and oxygen atoms in total. The van der Waals surface area contributed by atoms with Crippen LogP contribution in [0.3, 0.4) is 0 Å². The van der Waals surface area contributed by atoms with Crippen LogP contribution in [0.4, 0.5) is 4.39 Å². The number of ether oxygens (including phenoxy) is 1. The second-order valence-corrected chi connectivity index (χ2v) is 5.27. The van der Waals surface area contributed by atoms with Crippen LogP contribution in [-0.4, -0.2) is 16.0 Å². The highest BCUT2D eigenvalue weighted by atomic mass is 19.1. The summed E-state index contributed by atoms with van der Waals surface area (Å²) in [7, 11) is 0. The number of nitrogens with zero attached hydrogens (tertiary/aromatic N) is 3. The van der Waals surface area contributed by atoms with Crippen LogP contribution in [0, 0.1) is 17.1 Å². The van der Waals surface area contributed by atoms with Crippen LogP contribution in [0.1, 0.15) is 12.6 Å². The fraction of sp³-hybridized carbons (Fsp3) is 0.111. The molecule has 0 spiro atoms. The molecule has 2 aromatic heterocycles. The topological polar surface area (TPSA) is 50.3 Å². The summed E-state index contributed by atoms with van der Waals surface area (Å²) in [5.74, 6) is 0.298. The third-order valence-corrected chi connectivity index (χ3v) is 3.30. The molecule has 0 amide bonds. The Morgan fingerprint density at radius 2 is 2.04 bits per heavy atom. The van der Waals surface area contributed by atoms with E-state index in [-0.39, 0.29) is 0 Å². The van der Waals surface area contributed by atoms with E-state index in [0.29, 0.717) is 29.4 Å². The minimum Gasteiger partial charge on any atom is -0.489 e. The summed E-state index contributed by atoms with van der Waals surface area (Å²) in [5.41, 5.74) is 3.05. The van der Waals surface area contributed by atoms with Gasteiger partial charge in [-0.25, -0.2) is 9.37 Å². The SMILES string of the molecule is C=C(C)COc1ccc(-c2nc3ccc(F)cn3c2C#N)cc1. The normalized spacial score (nSPS) is 10.5. The van der Waals surface area contributed by atoms with Crippen LogP contribution >= 0.6 is 0 Å². The molecule has 114 valence electrons. The lowest BCUT2D eigenvalue weighted by Gasteiger charge is -2.06. The summed E-state index contributed by atoms with van der Waals surface area (Å²) >= 11 is 0. The molecule has 0 fully saturated rings. The molecule has 3 rings (SSSR count). The number of rotatable bonds is 4. The van der Waals surface area contributed by atoms with Gasteiger partial charge in [-0.3, -0.25) is 4.40 Å². The van der Waals surface area contributed by atoms with Gasteiger partial charge in [0.05, 0.1) is 0 Å². The van der Waals surface area contributed by atoms with Crippen LogP contribution in [0.5, 0.6) is 5.75 Å². The number of imidazole rings is 1. The second kappa shape index (κ2) is 5.93. The lowest BCUT2D eigenvalue weighted by molar-refractivity contribution is 0.353. The number of hydrogen-bond donors (Lipinski definition) is 0. The number of hydrogen-bond acceptors (Lipinski definition) is 3. The van der Waals surface area contributed by atoms with Crippen LogP contribution in [0.15, 0.2) is 54.7 Å². The van der Waals surface area contributed by atoms with E-state index >= 15 is 0 Å². The van der Waals surface area contributed by atoms with Crippen molar-refractivity contribution in [3.05, 3.63) is 66.3 Å². The number of pyridine rings is 1. The number of nitriles is 1. The molecule has 3 aromatic rings. The number of aromatic nitrogens is 2. The van der Waals surface area contributed by atoms with Crippen molar-refractivity contribution in [2.75, 3.05) is 6.61 Å². The van der Waals surface area contributed by atoms with Crippen molar-refractivity contribution in [3.63, 3.8) is 0 Å². The minimum absolute atomic E-state index is 0.301. The Morgan fingerprint density at radius 1 is 1.30 bits per heavy atom. The molecule has 1 aromatic carbocycles. The zero-order valence-electron chi connectivity index (χ0n) is 12.6. The first-order valence-electron chi connectivity index (χ1n) is 7.04. The van der Waals surface area contributed by atoms with Gasteiger partial charge in [0.1, 0.15) is 35.6 Å². The molecule has 0 aliphatic heterocycles. The summed E-state index contributed by atoms with van der Waals surface area (Å²) in [4.78, 5) is 4.42. The maximum absolute atomic E-state index is 13.4.